The maximum atomic E-state index is 12.4. The van der Waals surface area contributed by atoms with Crippen LogP contribution in [0.25, 0.3) is 0 Å². The van der Waals surface area contributed by atoms with Crippen LogP contribution >= 0.6 is 0 Å². The minimum Gasteiger partial charge on any atom is -0.461 e. The maximum Gasteiger partial charge on any atom is 0.306 e. The Morgan fingerprint density at radius 3 is 2.23 bits per heavy atom. The molecular formula is C20H26O2. The van der Waals surface area contributed by atoms with E-state index in [0.29, 0.717) is 13.0 Å². The zero-order valence-corrected chi connectivity index (χ0v) is 13.5. The van der Waals surface area contributed by atoms with E-state index in [0.717, 1.165) is 29.2 Å². The Bertz CT molecular complexity index is 520. The molecule has 4 bridgehead atoms. The van der Waals surface area contributed by atoms with Crippen molar-refractivity contribution >= 4 is 5.97 Å². The highest BCUT2D eigenvalue weighted by molar-refractivity contribution is 5.70. The molecule has 0 aromatic heterocycles. The second-order valence-corrected chi connectivity index (χ2v) is 8.13. The van der Waals surface area contributed by atoms with Gasteiger partial charge in [0.05, 0.1) is 6.42 Å². The number of hydrogen-bond donors (Lipinski definition) is 0. The summed E-state index contributed by atoms with van der Waals surface area (Å²) in [4.78, 5) is 12.4. The van der Waals surface area contributed by atoms with E-state index in [4.69, 9.17) is 4.74 Å². The van der Waals surface area contributed by atoms with Crippen molar-refractivity contribution in [1.29, 1.82) is 0 Å². The predicted octanol–water partition coefficient (Wildman–Crippen LogP) is 4.58. The number of ether oxygens (including phenoxy) is 1. The van der Waals surface area contributed by atoms with Gasteiger partial charge in [0, 0.05) is 0 Å². The summed E-state index contributed by atoms with van der Waals surface area (Å²) in [5.41, 5.74) is 1.27. The van der Waals surface area contributed by atoms with Crippen LogP contribution in [0, 0.1) is 29.1 Å². The number of rotatable bonds is 4. The van der Waals surface area contributed by atoms with Crippen LogP contribution in [-0.2, 0) is 16.1 Å². The van der Waals surface area contributed by atoms with Crippen LogP contribution in [0.15, 0.2) is 30.3 Å². The molecule has 4 aliphatic carbocycles. The highest BCUT2D eigenvalue weighted by Gasteiger charge is 2.55. The van der Waals surface area contributed by atoms with E-state index in [2.05, 4.69) is 6.92 Å². The largest absolute Gasteiger partial charge is 0.461 e. The first kappa shape index (κ1) is 14.3. The number of esters is 1. The summed E-state index contributed by atoms with van der Waals surface area (Å²) in [7, 11) is 0. The molecule has 118 valence electrons. The van der Waals surface area contributed by atoms with Gasteiger partial charge in [-0.05, 0) is 66.8 Å². The fraction of sp³-hybridized carbons (Fsp3) is 0.650. The lowest BCUT2D eigenvalue weighted by Crippen LogP contribution is -2.52. The Morgan fingerprint density at radius 2 is 1.64 bits per heavy atom. The molecule has 4 fully saturated rings. The molecule has 0 aliphatic heterocycles. The molecule has 2 nitrogen and oxygen atoms in total. The lowest BCUT2D eigenvalue weighted by molar-refractivity contribution is -0.159. The Labute approximate surface area is 133 Å². The predicted molar refractivity (Wildman–Crippen MR) is 86.0 cm³/mol. The standard InChI is InChI=1S/C20H26O2/c1-20(12-19(21)22-13-14-5-3-2-4-6-14)17-8-15-7-16(10-17)11-18(20)9-15/h2-6,15-18H,7-13H2,1H3. The minimum absolute atomic E-state index is 0.00109. The first-order valence-electron chi connectivity index (χ1n) is 8.83. The second kappa shape index (κ2) is 5.40. The molecule has 5 rings (SSSR count). The van der Waals surface area contributed by atoms with Crippen molar-refractivity contribution in [2.24, 2.45) is 29.1 Å². The van der Waals surface area contributed by atoms with E-state index < -0.39 is 0 Å². The normalized spacial score (nSPS) is 39.0. The summed E-state index contributed by atoms with van der Waals surface area (Å²) in [5.74, 6) is 3.42. The smallest absolute Gasteiger partial charge is 0.306 e. The summed E-state index contributed by atoms with van der Waals surface area (Å²) in [6.45, 7) is 2.78. The molecule has 0 unspecified atom stereocenters. The van der Waals surface area contributed by atoms with Gasteiger partial charge in [0.25, 0.3) is 0 Å². The third-order valence-corrected chi connectivity index (χ3v) is 6.77. The first-order valence-corrected chi connectivity index (χ1v) is 8.83. The van der Waals surface area contributed by atoms with Crippen LogP contribution in [0.1, 0.15) is 51.0 Å². The molecule has 0 spiro atoms. The Kier molecular flexibility index (Phi) is 3.51. The van der Waals surface area contributed by atoms with Crippen LogP contribution in [0.4, 0.5) is 0 Å². The van der Waals surface area contributed by atoms with Crippen molar-refractivity contribution in [2.75, 3.05) is 0 Å². The van der Waals surface area contributed by atoms with Crippen LogP contribution < -0.4 is 0 Å². The monoisotopic (exact) mass is 298 g/mol. The van der Waals surface area contributed by atoms with Crippen molar-refractivity contribution in [3.63, 3.8) is 0 Å². The molecule has 0 radical (unpaired) electrons. The SMILES string of the molecule is CC1(CC(=O)OCc2ccccc2)C2CC3CC(C2)CC1C3. The average molecular weight is 298 g/mol. The van der Waals surface area contributed by atoms with Gasteiger partial charge in [0.15, 0.2) is 0 Å². The highest BCUT2D eigenvalue weighted by Crippen LogP contribution is 2.63. The van der Waals surface area contributed by atoms with Crippen molar-refractivity contribution in [3.05, 3.63) is 35.9 Å². The maximum absolute atomic E-state index is 12.4. The van der Waals surface area contributed by atoms with E-state index >= 15 is 0 Å². The number of benzene rings is 1. The molecule has 1 aromatic rings. The van der Waals surface area contributed by atoms with Gasteiger partial charge in [-0.15, -0.1) is 0 Å². The number of carbonyl (C=O) groups is 1. The lowest BCUT2D eigenvalue weighted by atomic mass is 9.45. The molecule has 0 N–H and O–H groups in total. The van der Waals surface area contributed by atoms with Gasteiger partial charge in [-0.25, -0.2) is 0 Å². The van der Waals surface area contributed by atoms with Gasteiger partial charge in [0.2, 0.25) is 0 Å². The summed E-state index contributed by atoms with van der Waals surface area (Å²) >= 11 is 0. The zero-order chi connectivity index (χ0) is 15.2. The zero-order valence-electron chi connectivity index (χ0n) is 13.5. The topological polar surface area (TPSA) is 26.3 Å². The molecule has 0 heterocycles. The van der Waals surface area contributed by atoms with Crippen molar-refractivity contribution < 1.29 is 9.53 Å². The van der Waals surface area contributed by atoms with Crippen molar-refractivity contribution in [3.8, 4) is 0 Å². The summed E-state index contributed by atoms with van der Waals surface area (Å²) < 4.78 is 5.56. The van der Waals surface area contributed by atoms with Gasteiger partial charge < -0.3 is 4.74 Å². The van der Waals surface area contributed by atoms with Gasteiger partial charge in [-0.3, -0.25) is 4.79 Å². The summed E-state index contributed by atoms with van der Waals surface area (Å²) in [6.07, 6.45) is 7.51. The average Bonchev–Trinajstić information content (AvgIpc) is 2.51. The van der Waals surface area contributed by atoms with Crippen molar-refractivity contribution in [1.82, 2.24) is 0 Å². The van der Waals surface area contributed by atoms with Gasteiger partial charge in [0.1, 0.15) is 6.61 Å². The number of hydrogen-bond acceptors (Lipinski definition) is 2. The van der Waals surface area contributed by atoms with E-state index in [1.165, 1.54) is 32.1 Å². The highest BCUT2D eigenvalue weighted by atomic mass is 16.5. The van der Waals surface area contributed by atoms with Gasteiger partial charge in [-0.2, -0.15) is 0 Å². The van der Waals surface area contributed by atoms with E-state index in [-0.39, 0.29) is 11.4 Å². The number of carbonyl (C=O) groups excluding carboxylic acids is 1. The third-order valence-electron chi connectivity index (χ3n) is 6.77. The van der Waals surface area contributed by atoms with E-state index in [9.17, 15) is 4.79 Å². The molecule has 2 heteroatoms. The van der Waals surface area contributed by atoms with Crippen LogP contribution in [0.2, 0.25) is 0 Å². The van der Waals surface area contributed by atoms with Gasteiger partial charge >= 0.3 is 5.97 Å². The molecule has 22 heavy (non-hydrogen) atoms. The van der Waals surface area contributed by atoms with Crippen LogP contribution in [0.3, 0.4) is 0 Å². The quantitative estimate of drug-likeness (QED) is 0.760. The Hall–Kier alpha value is -1.31. The summed E-state index contributed by atoms with van der Waals surface area (Å²) in [5, 5.41) is 0. The molecule has 0 amide bonds. The van der Waals surface area contributed by atoms with E-state index in [1.54, 1.807) is 0 Å². The van der Waals surface area contributed by atoms with Crippen LogP contribution in [0.5, 0.6) is 0 Å². The van der Waals surface area contributed by atoms with Crippen molar-refractivity contribution in [2.45, 2.75) is 52.1 Å². The third kappa shape index (κ3) is 2.47. The molecular weight excluding hydrogens is 272 g/mol. The van der Waals surface area contributed by atoms with E-state index in [1.807, 2.05) is 30.3 Å². The first-order chi connectivity index (χ1) is 10.6. The molecule has 4 aliphatic rings. The summed E-state index contributed by atoms with van der Waals surface area (Å²) in [6, 6.07) is 9.99. The van der Waals surface area contributed by atoms with Gasteiger partial charge in [-0.1, -0.05) is 37.3 Å². The van der Waals surface area contributed by atoms with Crippen LogP contribution in [-0.4, -0.2) is 5.97 Å². The molecule has 0 saturated heterocycles. The molecule has 1 aromatic carbocycles. The second-order valence-electron chi connectivity index (χ2n) is 8.13. The molecule has 0 atom stereocenters. The lowest BCUT2D eigenvalue weighted by Gasteiger charge is -2.60. The Morgan fingerprint density at radius 1 is 1.05 bits per heavy atom. The fourth-order valence-corrected chi connectivity index (χ4v) is 5.65. The Balaban J connectivity index is 1.39. The molecule has 4 saturated carbocycles. The minimum atomic E-state index is -0.00109. The fourth-order valence-electron chi connectivity index (χ4n) is 5.65.